The lowest BCUT2D eigenvalue weighted by atomic mass is 10.2. The molecular formula is C13H17N5O5. The van der Waals surface area contributed by atoms with Crippen LogP contribution in [0.15, 0.2) is 12.7 Å². The lowest BCUT2D eigenvalue weighted by Crippen LogP contribution is -2.26. The molecule has 124 valence electrons. The van der Waals surface area contributed by atoms with Crippen LogP contribution in [0.3, 0.4) is 0 Å². The number of hydrogen-bond acceptors (Lipinski definition) is 8. The van der Waals surface area contributed by atoms with E-state index in [1.807, 2.05) is 0 Å². The summed E-state index contributed by atoms with van der Waals surface area (Å²) in [4.78, 5) is 23.3. The normalized spacial score (nSPS) is 25.6. The van der Waals surface area contributed by atoms with Crippen molar-refractivity contribution in [1.82, 2.24) is 19.5 Å². The molecule has 4 atom stereocenters. The van der Waals surface area contributed by atoms with Gasteiger partial charge in [0.05, 0.1) is 19.0 Å². The smallest absolute Gasteiger partial charge is 0.325 e. The second kappa shape index (κ2) is 6.07. The third-order valence-electron chi connectivity index (χ3n) is 3.78. The molecule has 0 amide bonds. The molecule has 0 saturated carbocycles. The van der Waals surface area contributed by atoms with Gasteiger partial charge in [-0.2, -0.15) is 0 Å². The van der Waals surface area contributed by atoms with Gasteiger partial charge in [0.1, 0.15) is 24.7 Å². The maximum absolute atomic E-state index is 11.0. The van der Waals surface area contributed by atoms with E-state index in [1.165, 1.54) is 19.6 Å². The second-order valence-electron chi connectivity index (χ2n) is 5.37. The molecule has 1 aliphatic heterocycles. The Labute approximate surface area is 130 Å². The Balaban J connectivity index is 1.91. The molecule has 2 aromatic heterocycles. The molecule has 0 aromatic carbocycles. The molecule has 0 radical (unpaired) electrons. The van der Waals surface area contributed by atoms with Gasteiger partial charge in [-0.05, 0) is 6.92 Å². The van der Waals surface area contributed by atoms with Crippen molar-refractivity contribution in [2.75, 3.05) is 11.9 Å². The van der Waals surface area contributed by atoms with E-state index in [-0.39, 0.29) is 6.61 Å². The standard InChI is InChI=1S/C13H17N5O5/c1-6(13(21)22)17-11-10-12(15-4-14-11)18(5-16-10)9-2-7(20)8(3-19)23-9/h4-9,19-20H,2-3H2,1H3,(H,21,22)(H,14,15,17)/t6?,7-,8+,9+/m0/s1. The van der Waals surface area contributed by atoms with Crippen LogP contribution >= 0.6 is 0 Å². The van der Waals surface area contributed by atoms with Gasteiger partial charge in [-0.15, -0.1) is 0 Å². The van der Waals surface area contributed by atoms with Crippen LogP contribution in [-0.2, 0) is 9.53 Å². The monoisotopic (exact) mass is 323 g/mol. The number of fused-ring (bicyclic) bond motifs is 1. The molecule has 2 aromatic rings. The van der Waals surface area contributed by atoms with Crippen LogP contribution in [0, 0.1) is 0 Å². The number of rotatable bonds is 5. The molecule has 23 heavy (non-hydrogen) atoms. The summed E-state index contributed by atoms with van der Waals surface area (Å²) < 4.78 is 7.21. The predicted molar refractivity (Wildman–Crippen MR) is 77.7 cm³/mol. The molecule has 4 N–H and O–H groups in total. The first-order valence-electron chi connectivity index (χ1n) is 7.12. The van der Waals surface area contributed by atoms with Crippen molar-refractivity contribution in [1.29, 1.82) is 0 Å². The molecule has 1 unspecified atom stereocenters. The Morgan fingerprint density at radius 1 is 1.52 bits per heavy atom. The molecule has 10 heteroatoms. The fourth-order valence-electron chi connectivity index (χ4n) is 2.49. The first-order valence-corrected chi connectivity index (χ1v) is 7.12. The lowest BCUT2D eigenvalue weighted by Gasteiger charge is -2.14. The maximum atomic E-state index is 11.0. The summed E-state index contributed by atoms with van der Waals surface area (Å²) in [6.07, 6.45) is 1.17. The maximum Gasteiger partial charge on any atom is 0.325 e. The van der Waals surface area contributed by atoms with E-state index in [0.717, 1.165) is 0 Å². The topological polar surface area (TPSA) is 143 Å². The number of carboxylic acid groups (broad SMARTS) is 1. The van der Waals surface area contributed by atoms with Crippen molar-refractivity contribution < 1.29 is 24.9 Å². The zero-order valence-corrected chi connectivity index (χ0v) is 12.3. The first kappa shape index (κ1) is 15.6. The van der Waals surface area contributed by atoms with Crippen LogP contribution in [0.2, 0.25) is 0 Å². The van der Waals surface area contributed by atoms with Crippen molar-refractivity contribution in [2.45, 2.75) is 37.8 Å². The third-order valence-corrected chi connectivity index (χ3v) is 3.78. The fourth-order valence-corrected chi connectivity index (χ4v) is 2.49. The number of imidazole rings is 1. The molecule has 1 saturated heterocycles. The molecular weight excluding hydrogens is 306 g/mol. The lowest BCUT2D eigenvalue weighted by molar-refractivity contribution is -0.137. The van der Waals surface area contributed by atoms with E-state index >= 15 is 0 Å². The Hall–Kier alpha value is -2.30. The first-order chi connectivity index (χ1) is 11.0. The van der Waals surface area contributed by atoms with E-state index in [2.05, 4.69) is 20.3 Å². The number of nitrogens with zero attached hydrogens (tertiary/aromatic N) is 4. The van der Waals surface area contributed by atoms with Gasteiger partial charge in [0.15, 0.2) is 17.0 Å². The van der Waals surface area contributed by atoms with Crippen LogP contribution in [-0.4, -0.2) is 65.7 Å². The zero-order valence-electron chi connectivity index (χ0n) is 12.3. The van der Waals surface area contributed by atoms with Gasteiger partial charge in [-0.1, -0.05) is 0 Å². The average molecular weight is 323 g/mol. The predicted octanol–water partition coefficient (Wildman–Crippen LogP) is -0.648. The molecule has 10 nitrogen and oxygen atoms in total. The largest absolute Gasteiger partial charge is 0.480 e. The van der Waals surface area contributed by atoms with Crippen molar-refractivity contribution >= 4 is 23.0 Å². The summed E-state index contributed by atoms with van der Waals surface area (Å²) in [5.41, 5.74) is 0.863. The van der Waals surface area contributed by atoms with Gasteiger partial charge in [-0.25, -0.2) is 15.0 Å². The van der Waals surface area contributed by atoms with Gasteiger partial charge in [0, 0.05) is 6.42 Å². The summed E-state index contributed by atoms with van der Waals surface area (Å²) >= 11 is 0. The highest BCUT2D eigenvalue weighted by Crippen LogP contribution is 2.31. The van der Waals surface area contributed by atoms with Crippen molar-refractivity contribution in [2.24, 2.45) is 0 Å². The minimum atomic E-state index is -1.01. The molecule has 1 fully saturated rings. The van der Waals surface area contributed by atoms with Crippen LogP contribution in [0.1, 0.15) is 19.6 Å². The summed E-state index contributed by atoms with van der Waals surface area (Å²) in [5.74, 6) is -0.704. The van der Waals surface area contributed by atoms with Crippen molar-refractivity contribution in [3.05, 3.63) is 12.7 Å². The van der Waals surface area contributed by atoms with Gasteiger partial charge < -0.3 is 25.4 Å². The summed E-state index contributed by atoms with van der Waals surface area (Å²) in [6, 6.07) is -0.832. The highest BCUT2D eigenvalue weighted by molar-refractivity contribution is 5.85. The van der Waals surface area contributed by atoms with Crippen LogP contribution in [0.5, 0.6) is 0 Å². The second-order valence-corrected chi connectivity index (χ2v) is 5.37. The number of aliphatic hydroxyl groups excluding tert-OH is 2. The summed E-state index contributed by atoms with van der Waals surface area (Å²) in [6.45, 7) is 1.22. The van der Waals surface area contributed by atoms with E-state index < -0.39 is 30.4 Å². The number of carboxylic acids is 1. The van der Waals surface area contributed by atoms with Gasteiger partial charge in [-0.3, -0.25) is 9.36 Å². The van der Waals surface area contributed by atoms with E-state index in [0.29, 0.717) is 23.4 Å². The van der Waals surface area contributed by atoms with Crippen LogP contribution in [0.4, 0.5) is 5.82 Å². The minimum Gasteiger partial charge on any atom is -0.480 e. The number of anilines is 1. The van der Waals surface area contributed by atoms with Gasteiger partial charge in [0.25, 0.3) is 0 Å². The molecule has 0 spiro atoms. The SMILES string of the molecule is CC(Nc1ncnc2c1ncn2[C@H]1C[C@H](O)[C@@H](CO)O1)C(=O)O. The average Bonchev–Trinajstić information content (AvgIpc) is 3.10. The number of aliphatic hydroxyl groups is 2. The highest BCUT2D eigenvalue weighted by atomic mass is 16.5. The Morgan fingerprint density at radius 3 is 2.96 bits per heavy atom. The summed E-state index contributed by atoms with van der Waals surface area (Å²) in [5, 5.41) is 30.7. The number of nitrogens with one attached hydrogen (secondary N) is 1. The Bertz CT molecular complexity index is 720. The highest BCUT2D eigenvalue weighted by Gasteiger charge is 2.35. The minimum absolute atomic E-state index is 0.276. The molecule has 1 aliphatic rings. The molecule has 0 aliphatic carbocycles. The van der Waals surface area contributed by atoms with E-state index in [1.54, 1.807) is 4.57 Å². The number of carbonyl (C=O) groups is 1. The van der Waals surface area contributed by atoms with E-state index in [9.17, 15) is 9.90 Å². The molecule has 0 bridgehead atoms. The Kier molecular flexibility index (Phi) is 4.11. The number of ether oxygens (including phenoxy) is 1. The summed E-state index contributed by atoms with van der Waals surface area (Å²) in [7, 11) is 0. The van der Waals surface area contributed by atoms with Crippen molar-refractivity contribution in [3.8, 4) is 0 Å². The quantitative estimate of drug-likeness (QED) is 0.564. The van der Waals surface area contributed by atoms with E-state index in [4.69, 9.17) is 14.9 Å². The number of aromatic nitrogens is 4. The number of aliphatic carboxylic acids is 1. The van der Waals surface area contributed by atoms with Crippen LogP contribution < -0.4 is 5.32 Å². The molecule has 3 rings (SSSR count). The Morgan fingerprint density at radius 2 is 2.30 bits per heavy atom. The number of hydrogen-bond donors (Lipinski definition) is 4. The zero-order chi connectivity index (χ0) is 16.6. The van der Waals surface area contributed by atoms with Crippen LogP contribution in [0.25, 0.3) is 11.2 Å². The van der Waals surface area contributed by atoms with Gasteiger partial charge >= 0.3 is 5.97 Å². The van der Waals surface area contributed by atoms with Crippen molar-refractivity contribution in [3.63, 3.8) is 0 Å². The van der Waals surface area contributed by atoms with Gasteiger partial charge in [0.2, 0.25) is 0 Å². The fraction of sp³-hybridized carbons (Fsp3) is 0.538. The molecule has 3 heterocycles. The third kappa shape index (κ3) is 2.83.